The van der Waals surface area contributed by atoms with Gasteiger partial charge in [0.05, 0.1) is 0 Å². The number of hydrogen-bond donors (Lipinski definition) is 0. The molecule has 0 saturated carbocycles. The average Bonchev–Trinajstić information content (AvgIpc) is 3.46. The number of ether oxygens (including phenoxy) is 2. The van der Waals surface area contributed by atoms with Gasteiger partial charge in [-0.25, -0.2) is 4.39 Å². The fourth-order valence-corrected chi connectivity index (χ4v) is 5.04. The molecule has 196 valence electrons. The zero-order chi connectivity index (χ0) is 26.6. The highest BCUT2D eigenvalue weighted by atomic mass is 19.1. The summed E-state index contributed by atoms with van der Waals surface area (Å²) in [5, 5.41) is 0. The minimum Gasteiger partial charge on any atom is -0.454 e. The summed E-state index contributed by atoms with van der Waals surface area (Å²) in [5.41, 5.74) is 5.60. The molecule has 4 aromatic carbocycles. The lowest BCUT2D eigenvalue weighted by atomic mass is 9.97. The molecule has 0 unspecified atom stereocenters. The third-order valence-corrected chi connectivity index (χ3v) is 7.22. The van der Waals surface area contributed by atoms with Crippen molar-refractivity contribution < 1.29 is 18.7 Å². The maximum Gasteiger partial charge on any atom is 0.254 e. The van der Waals surface area contributed by atoms with E-state index in [9.17, 15) is 9.18 Å². The third kappa shape index (κ3) is 5.71. The molecule has 2 aliphatic rings. The second-order valence-corrected chi connectivity index (χ2v) is 9.81. The molecule has 1 amide bonds. The number of hydrogen-bond acceptors (Lipinski definition) is 4. The molecule has 1 fully saturated rings. The van der Waals surface area contributed by atoms with Gasteiger partial charge < -0.3 is 14.4 Å². The molecule has 6 rings (SSSR count). The van der Waals surface area contributed by atoms with Gasteiger partial charge in [0.1, 0.15) is 5.82 Å². The number of fused-ring (bicyclic) bond motifs is 1. The van der Waals surface area contributed by atoms with Crippen molar-refractivity contribution in [3.63, 3.8) is 0 Å². The van der Waals surface area contributed by atoms with Gasteiger partial charge in [0.25, 0.3) is 5.91 Å². The largest absolute Gasteiger partial charge is 0.454 e. The molecule has 4 aromatic rings. The van der Waals surface area contributed by atoms with Crippen molar-refractivity contribution in [2.24, 2.45) is 0 Å². The molecule has 0 aromatic heterocycles. The second-order valence-electron chi connectivity index (χ2n) is 9.81. The molecule has 5 nitrogen and oxygen atoms in total. The van der Waals surface area contributed by atoms with E-state index in [0.717, 1.165) is 59.0 Å². The summed E-state index contributed by atoms with van der Waals surface area (Å²) in [4.78, 5) is 18.1. The van der Waals surface area contributed by atoms with Gasteiger partial charge in [-0.15, -0.1) is 0 Å². The van der Waals surface area contributed by atoms with Crippen LogP contribution in [-0.4, -0.2) is 48.7 Å². The highest BCUT2D eigenvalue weighted by Gasteiger charge is 2.25. The smallest absolute Gasteiger partial charge is 0.254 e. The highest BCUT2D eigenvalue weighted by molar-refractivity contribution is 6.24. The number of piperazine rings is 1. The molecule has 2 aliphatic heterocycles. The maximum absolute atomic E-state index is 13.9. The molecule has 0 radical (unpaired) electrons. The number of rotatable bonds is 6. The first kappa shape index (κ1) is 24.9. The van der Waals surface area contributed by atoms with Crippen molar-refractivity contribution in [1.82, 2.24) is 9.80 Å². The maximum atomic E-state index is 13.9. The predicted molar refractivity (Wildman–Crippen MR) is 151 cm³/mol. The van der Waals surface area contributed by atoms with Gasteiger partial charge in [-0.1, -0.05) is 72.8 Å². The van der Waals surface area contributed by atoms with E-state index in [1.54, 1.807) is 12.1 Å². The van der Waals surface area contributed by atoms with E-state index < -0.39 is 0 Å². The summed E-state index contributed by atoms with van der Waals surface area (Å²) in [6.07, 6.45) is 1.86. The van der Waals surface area contributed by atoms with Gasteiger partial charge in [0.15, 0.2) is 11.5 Å². The van der Waals surface area contributed by atoms with Crippen LogP contribution >= 0.6 is 0 Å². The average molecular weight is 521 g/mol. The Morgan fingerprint density at radius 3 is 2.21 bits per heavy atom. The molecule has 0 bridgehead atoms. The second kappa shape index (κ2) is 11.1. The first-order chi connectivity index (χ1) is 19.1. The summed E-state index contributed by atoms with van der Waals surface area (Å²) in [6.45, 7) is 3.87. The van der Waals surface area contributed by atoms with Crippen LogP contribution in [-0.2, 0) is 11.3 Å². The standard InChI is InChI=1S/C33H29FN2O3/c34-29-13-6-24(7-14-29)20-30(28-11-9-27(10-12-28)26-4-2-1-3-5-26)33(37)36-18-16-35(17-19-36)22-25-8-15-31-32(21-25)39-23-38-31/h1-15,20-21H,16-19,22-23H2. The van der Waals surface area contributed by atoms with Gasteiger partial charge in [-0.3, -0.25) is 9.69 Å². The van der Waals surface area contributed by atoms with E-state index in [1.807, 2.05) is 65.6 Å². The van der Waals surface area contributed by atoms with Crippen molar-refractivity contribution in [1.29, 1.82) is 0 Å². The molecule has 1 saturated heterocycles. The molecule has 0 aliphatic carbocycles. The Morgan fingerprint density at radius 2 is 1.46 bits per heavy atom. The Labute approximate surface area is 227 Å². The minimum absolute atomic E-state index is 0.0190. The highest BCUT2D eigenvalue weighted by Crippen LogP contribution is 2.33. The molecular formula is C33H29FN2O3. The van der Waals surface area contributed by atoms with E-state index >= 15 is 0 Å². The minimum atomic E-state index is -0.300. The van der Waals surface area contributed by atoms with Gasteiger partial charge in [-0.05, 0) is 58.2 Å². The number of nitrogens with zero attached hydrogens (tertiary/aromatic N) is 2. The fraction of sp³-hybridized carbons (Fsp3) is 0.182. The Hall–Kier alpha value is -4.42. The predicted octanol–water partition coefficient (Wildman–Crippen LogP) is 6.11. The summed E-state index contributed by atoms with van der Waals surface area (Å²) in [7, 11) is 0. The molecule has 0 atom stereocenters. The van der Waals surface area contributed by atoms with E-state index in [-0.39, 0.29) is 18.5 Å². The van der Waals surface area contributed by atoms with Crippen LogP contribution in [0.4, 0.5) is 4.39 Å². The number of carbonyl (C=O) groups is 1. The molecule has 6 heteroatoms. The van der Waals surface area contributed by atoms with Crippen molar-refractivity contribution in [2.75, 3.05) is 33.0 Å². The lowest BCUT2D eigenvalue weighted by Gasteiger charge is -2.35. The van der Waals surface area contributed by atoms with Gasteiger partial charge in [0.2, 0.25) is 6.79 Å². The lowest BCUT2D eigenvalue weighted by molar-refractivity contribution is -0.126. The quantitative estimate of drug-likeness (QED) is 0.227. The Morgan fingerprint density at radius 1 is 0.769 bits per heavy atom. The van der Waals surface area contributed by atoms with Crippen LogP contribution in [0.2, 0.25) is 0 Å². The number of carbonyl (C=O) groups excluding carboxylic acids is 1. The summed E-state index contributed by atoms with van der Waals surface area (Å²) >= 11 is 0. The number of benzene rings is 4. The Bertz CT molecular complexity index is 1480. The fourth-order valence-electron chi connectivity index (χ4n) is 5.04. The van der Waals surface area contributed by atoms with Crippen LogP contribution < -0.4 is 9.47 Å². The Balaban J connectivity index is 1.19. The molecule has 39 heavy (non-hydrogen) atoms. The van der Waals surface area contributed by atoms with Crippen molar-refractivity contribution >= 4 is 17.6 Å². The molecule has 2 heterocycles. The number of halogens is 1. The van der Waals surface area contributed by atoms with Gasteiger partial charge >= 0.3 is 0 Å². The normalized spacial score (nSPS) is 15.4. The summed E-state index contributed by atoms with van der Waals surface area (Å²) < 4.78 is 24.5. The van der Waals surface area contributed by atoms with E-state index in [4.69, 9.17) is 9.47 Å². The topological polar surface area (TPSA) is 42.0 Å². The van der Waals surface area contributed by atoms with Crippen molar-refractivity contribution in [2.45, 2.75) is 6.54 Å². The van der Waals surface area contributed by atoms with Crippen molar-refractivity contribution in [3.8, 4) is 22.6 Å². The van der Waals surface area contributed by atoms with E-state index in [2.05, 4.69) is 23.1 Å². The van der Waals surface area contributed by atoms with E-state index in [0.29, 0.717) is 18.7 Å². The van der Waals surface area contributed by atoms with E-state index in [1.165, 1.54) is 12.1 Å². The first-order valence-electron chi connectivity index (χ1n) is 13.2. The SMILES string of the molecule is O=C(C(=Cc1ccc(F)cc1)c1ccc(-c2ccccc2)cc1)N1CCN(Cc2ccc3c(c2)OCO3)CC1. The van der Waals surface area contributed by atoms with Crippen LogP contribution in [0.5, 0.6) is 11.5 Å². The van der Waals surface area contributed by atoms with Crippen LogP contribution in [0.3, 0.4) is 0 Å². The first-order valence-corrected chi connectivity index (χ1v) is 13.2. The molecule has 0 N–H and O–H groups in total. The monoisotopic (exact) mass is 520 g/mol. The molecular weight excluding hydrogens is 491 g/mol. The summed E-state index contributed by atoms with van der Waals surface area (Å²) in [6, 6.07) is 30.5. The third-order valence-electron chi connectivity index (χ3n) is 7.22. The van der Waals surface area contributed by atoms with Crippen LogP contribution in [0.25, 0.3) is 22.8 Å². The van der Waals surface area contributed by atoms with Crippen LogP contribution in [0.15, 0.2) is 97.1 Å². The van der Waals surface area contributed by atoms with Crippen LogP contribution in [0.1, 0.15) is 16.7 Å². The van der Waals surface area contributed by atoms with Gasteiger partial charge in [-0.2, -0.15) is 0 Å². The van der Waals surface area contributed by atoms with Gasteiger partial charge in [0, 0.05) is 38.3 Å². The number of amides is 1. The zero-order valence-corrected chi connectivity index (χ0v) is 21.6. The summed E-state index contributed by atoms with van der Waals surface area (Å²) in [5.74, 6) is 1.25. The van der Waals surface area contributed by atoms with Crippen LogP contribution in [0, 0.1) is 5.82 Å². The van der Waals surface area contributed by atoms with Crippen molar-refractivity contribution in [3.05, 3.63) is 120 Å². The zero-order valence-electron chi connectivity index (χ0n) is 21.6. The molecule has 0 spiro atoms. The Kier molecular flexibility index (Phi) is 7.11. The lowest BCUT2D eigenvalue weighted by Crippen LogP contribution is -2.48.